The highest BCUT2D eigenvalue weighted by Crippen LogP contribution is 2.29. The third kappa shape index (κ3) is 3.06. The molecule has 0 aliphatic heterocycles. The van der Waals surface area contributed by atoms with Gasteiger partial charge in [0.15, 0.2) is 17.1 Å². The highest BCUT2D eigenvalue weighted by molar-refractivity contribution is 9.10. The number of halogens is 1. The van der Waals surface area contributed by atoms with E-state index in [1.807, 2.05) is 36.4 Å². The van der Waals surface area contributed by atoms with Crippen LogP contribution in [0.5, 0.6) is 5.75 Å². The predicted octanol–water partition coefficient (Wildman–Crippen LogP) is 4.51. The van der Waals surface area contributed by atoms with Gasteiger partial charge >= 0.3 is 6.01 Å². The molecule has 0 atom stereocenters. The summed E-state index contributed by atoms with van der Waals surface area (Å²) in [5.74, 6) is 0.476. The fourth-order valence-electron chi connectivity index (χ4n) is 2.48. The van der Waals surface area contributed by atoms with Crippen LogP contribution in [0.4, 0.5) is 6.01 Å². The van der Waals surface area contributed by atoms with Crippen molar-refractivity contribution in [1.82, 2.24) is 10.2 Å². The molecule has 7 nitrogen and oxygen atoms in total. The van der Waals surface area contributed by atoms with Crippen LogP contribution in [0.2, 0.25) is 0 Å². The first-order chi connectivity index (χ1) is 12.6. The normalized spacial score (nSPS) is 10.8. The number of carbonyl (C=O) groups is 1. The van der Waals surface area contributed by atoms with Crippen molar-refractivity contribution < 1.29 is 18.4 Å². The molecule has 2 aromatic carbocycles. The Labute approximate surface area is 156 Å². The highest BCUT2D eigenvalue weighted by Gasteiger charge is 2.18. The van der Waals surface area contributed by atoms with Crippen LogP contribution >= 0.6 is 15.9 Å². The summed E-state index contributed by atoms with van der Waals surface area (Å²) >= 11 is 3.38. The fraction of sp³-hybridized carbons (Fsp3) is 0.0556. The predicted molar refractivity (Wildman–Crippen MR) is 98.2 cm³/mol. The Morgan fingerprint density at radius 2 is 1.96 bits per heavy atom. The largest absolute Gasteiger partial charge is 0.493 e. The molecule has 130 valence electrons. The summed E-state index contributed by atoms with van der Waals surface area (Å²) in [6, 6.07) is 14.4. The van der Waals surface area contributed by atoms with Crippen LogP contribution < -0.4 is 10.1 Å². The third-order valence-corrected chi connectivity index (χ3v) is 4.16. The smallest absolute Gasteiger partial charge is 0.322 e. The van der Waals surface area contributed by atoms with Gasteiger partial charge in [-0.25, -0.2) is 0 Å². The number of para-hydroxylation sites is 1. The number of amides is 1. The minimum absolute atomic E-state index is 0.0163. The summed E-state index contributed by atoms with van der Waals surface area (Å²) in [4.78, 5) is 12.4. The monoisotopic (exact) mass is 413 g/mol. The summed E-state index contributed by atoms with van der Waals surface area (Å²) in [6.45, 7) is 0. The van der Waals surface area contributed by atoms with Crippen LogP contribution in [-0.2, 0) is 0 Å². The van der Waals surface area contributed by atoms with E-state index in [1.165, 1.54) is 0 Å². The minimum Gasteiger partial charge on any atom is -0.493 e. The molecule has 2 heterocycles. The summed E-state index contributed by atoms with van der Waals surface area (Å²) in [5, 5.41) is 11.1. The molecular formula is C18H12BrN3O4. The van der Waals surface area contributed by atoms with Crippen LogP contribution in [0.1, 0.15) is 10.6 Å². The van der Waals surface area contributed by atoms with E-state index >= 15 is 0 Å². The van der Waals surface area contributed by atoms with Crippen molar-refractivity contribution in [3.05, 3.63) is 58.8 Å². The first-order valence-corrected chi connectivity index (χ1v) is 8.40. The average Bonchev–Trinajstić information content (AvgIpc) is 3.28. The number of carbonyl (C=O) groups excluding carboxylic acids is 1. The van der Waals surface area contributed by atoms with Gasteiger partial charge in [-0.3, -0.25) is 10.1 Å². The Morgan fingerprint density at radius 1 is 1.12 bits per heavy atom. The zero-order valence-electron chi connectivity index (χ0n) is 13.5. The van der Waals surface area contributed by atoms with Crippen molar-refractivity contribution in [2.45, 2.75) is 0 Å². The van der Waals surface area contributed by atoms with Crippen molar-refractivity contribution in [1.29, 1.82) is 0 Å². The summed E-state index contributed by atoms with van der Waals surface area (Å²) < 4.78 is 17.2. The van der Waals surface area contributed by atoms with Crippen LogP contribution in [0, 0.1) is 0 Å². The number of anilines is 1. The topological polar surface area (TPSA) is 90.4 Å². The molecule has 0 bridgehead atoms. The van der Waals surface area contributed by atoms with Gasteiger partial charge in [0.25, 0.3) is 5.91 Å². The molecule has 1 amide bonds. The van der Waals surface area contributed by atoms with Gasteiger partial charge in [0.2, 0.25) is 5.89 Å². The number of hydrogen-bond donors (Lipinski definition) is 1. The second-order valence-electron chi connectivity index (χ2n) is 5.37. The molecular weight excluding hydrogens is 402 g/mol. The zero-order valence-corrected chi connectivity index (χ0v) is 15.1. The molecule has 0 saturated heterocycles. The number of furan rings is 1. The molecule has 1 N–H and O–H groups in total. The van der Waals surface area contributed by atoms with E-state index < -0.39 is 5.91 Å². The van der Waals surface area contributed by atoms with Crippen LogP contribution in [0.25, 0.3) is 22.4 Å². The van der Waals surface area contributed by atoms with E-state index in [2.05, 4.69) is 31.4 Å². The number of benzene rings is 2. The van der Waals surface area contributed by atoms with E-state index in [0.29, 0.717) is 17.2 Å². The number of nitrogens with one attached hydrogen (secondary N) is 1. The van der Waals surface area contributed by atoms with Crippen molar-refractivity contribution in [2.24, 2.45) is 0 Å². The van der Waals surface area contributed by atoms with Crippen molar-refractivity contribution >= 4 is 38.8 Å². The van der Waals surface area contributed by atoms with Gasteiger partial charge in [-0.15, -0.1) is 5.10 Å². The van der Waals surface area contributed by atoms with E-state index in [0.717, 1.165) is 15.4 Å². The Hall–Kier alpha value is -3.13. The lowest BCUT2D eigenvalue weighted by molar-refractivity contribution is 0.0995. The summed E-state index contributed by atoms with van der Waals surface area (Å²) in [5.41, 5.74) is 1.24. The maximum Gasteiger partial charge on any atom is 0.322 e. The van der Waals surface area contributed by atoms with Crippen LogP contribution in [-0.4, -0.2) is 23.2 Å². The third-order valence-electron chi connectivity index (χ3n) is 3.67. The number of fused-ring (bicyclic) bond motifs is 1. The maximum atomic E-state index is 12.4. The van der Waals surface area contributed by atoms with Crippen LogP contribution in [0.3, 0.4) is 0 Å². The van der Waals surface area contributed by atoms with E-state index in [-0.39, 0.29) is 11.8 Å². The molecule has 0 fully saturated rings. The average molecular weight is 414 g/mol. The maximum absolute atomic E-state index is 12.4. The molecule has 0 aliphatic carbocycles. The Balaban J connectivity index is 1.57. The summed E-state index contributed by atoms with van der Waals surface area (Å²) in [6.07, 6.45) is 0. The standard InChI is InChI=1S/C18H12BrN3O4/c1-24-13-7-3-4-10-9-14(25-15(10)13)16(23)20-18-22-21-17(26-18)11-5-2-6-12(19)8-11/h2-9H,1H3,(H,20,22,23). The first kappa shape index (κ1) is 16.3. The molecule has 0 radical (unpaired) electrons. The minimum atomic E-state index is -0.493. The number of hydrogen-bond acceptors (Lipinski definition) is 6. The molecule has 0 spiro atoms. The lowest BCUT2D eigenvalue weighted by Crippen LogP contribution is -2.10. The molecule has 26 heavy (non-hydrogen) atoms. The lowest BCUT2D eigenvalue weighted by atomic mass is 10.2. The zero-order chi connectivity index (χ0) is 18.1. The quantitative estimate of drug-likeness (QED) is 0.529. The number of ether oxygens (including phenoxy) is 1. The number of nitrogens with zero attached hydrogens (tertiary/aromatic N) is 2. The van der Waals surface area contributed by atoms with E-state index in [4.69, 9.17) is 13.6 Å². The molecule has 8 heteroatoms. The number of aromatic nitrogens is 2. The van der Waals surface area contributed by atoms with Gasteiger partial charge in [-0.1, -0.05) is 39.2 Å². The van der Waals surface area contributed by atoms with Gasteiger partial charge < -0.3 is 13.6 Å². The molecule has 0 unspecified atom stereocenters. The van der Waals surface area contributed by atoms with E-state index in [1.54, 1.807) is 19.2 Å². The number of methoxy groups -OCH3 is 1. The second kappa shape index (κ2) is 6.64. The van der Waals surface area contributed by atoms with Gasteiger partial charge in [-0.2, -0.15) is 0 Å². The molecule has 2 aromatic heterocycles. The SMILES string of the molecule is COc1cccc2cc(C(=O)Nc3nnc(-c4cccc(Br)c4)o3)oc12. The molecule has 4 rings (SSSR count). The van der Waals surface area contributed by atoms with E-state index in [9.17, 15) is 4.79 Å². The first-order valence-electron chi connectivity index (χ1n) is 7.61. The molecule has 0 aliphatic rings. The van der Waals surface area contributed by atoms with Crippen molar-refractivity contribution in [2.75, 3.05) is 12.4 Å². The Kier molecular flexibility index (Phi) is 4.18. The van der Waals surface area contributed by atoms with Gasteiger partial charge in [0, 0.05) is 15.4 Å². The second-order valence-corrected chi connectivity index (χ2v) is 6.28. The fourth-order valence-corrected chi connectivity index (χ4v) is 2.88. The molecule has 0 saturated carbocycles. The van der Waals surface area contributed by atoms with Gasteiger partial charge in [0.05, 0.1) is 7.11 Å². The highest BCUT2D eigenvalue weighted by atomic mass is 79.9. The number of rotatable bonds is 4. The van der Waals surface area contributed by atoms with Gasteiger partial charge in [0.1, 0.15) is 0 Å². The lowest BCUT2D eigenvalue weighted by Gasteiger charge is -1.99. The van der Waals surface area contributed by atoms with Crippen molar-refractivity contribution in [3.8, 4) is 17.2 Å². The summed E-state index contributed by atoms with van der Waals surface area (Å²) in [7, 11) is 1.54. The van der Waals surface area contributed by atoms with Crippen molar-refractivity contribution in [3.63, 3.8) is 0 Å². The van der Waals surface area contributed by atoms with Crippen LogP contribution in [0.15, 0.2) is 61.8 Å². The Bertz CT molecular complexity index is 1100. The molecule has 4 aromatic rings. The Morgan fingerprint density at radius 3 is 2.77 bits per heavy atom. The van der Waals surface area contributed by atoms with Gasteiger partial charge in [-0.05, 0) is 30.3 Å².